The molecular formula is C17H23N5. The molecule has 1 aliphatic heterocycles. The van der Waals surface area contributed by atoms with Crippen LogP contribution in [0.2, 0.25) is 0 Å². The summed E-state index contributed by atoms with van der Waals surface area (Å²) in [6.45, 7) is 8.75. The molecule has 1 saturated heterocycles. The minimum absolute atomic E-state index is 0.497. The highest BCUT2D eigenvalue weighted by atomic mass is 15.2. The molecule has 0 radical (unpaired) electrons. The second kappa shape index (κ2) is 6.40. The predicted molar refractivity (Wildman–Crippen MR) is 88.4 cm³/mol. The first-order valence-electron chi connectivity index (χ1n) is 7.88. The van der Waals surface area contributed by atoms with Crippen molar-refractivity contribution in [1.29, 1.82) is 0 Å². The number of hydrogen-bond donors (Lipinski definition) is 1. The van der Waals surface area contributed by atoms with Crippen LogP contribution in [0.1, 0.15) is 37.4 Å². The van der Waals surface area contributed by atoms with Crippen molar-refractivity contribution in [2.45, 2.75) is 39.2 Å². The van der Waals surface area contributed by atoms with Crippen LogP contribution in [0.5, 0.6) is 0 Å². The van der Waals surface area contributed by atoms with Gasteiger partial charge in [0.2, 0.25) is 5.95 Å². The van der Waals surface area contributed by atoms with Gasteiger partial charge < -0.3 is 10.2 Å². The van der Waals surface area contributed by atoms with Crippen LogP contribution < -0.4 is 5.32 Å². The minimum atomic E-state index is 0.497. The molecule has 2 aromatic heterocycles. The second-order valence-electron chi connectivity index (χ2n) is 6.23. The van der Waals surface area contributed by atoms with Crippen molar-refractivity contribution in [3.63, 3.8) is 0 Å². The van der Waals surface area contributed by atoms with Crippen molar-refractivity contribution in [2.24, 2.45) is 0 Å². The summed E-state index contributed by atoms with van der Waals surface area (Å²) in [7, 11) is 0. The second-order valence-corrected chi connectivity index (χ2v) is 6.23. The zero-order valence-corrected chi connectivity index (χ0v) is 13.5. The van der Waals surface area contributed by atoms with Crippen LogP contribution in [-0.2, 0) is 0 Å². The molecule has 1 atom stereocenters. The number of anilines is 2. The van der Waals surface area contributed by atoms with Gasteiger partial charge in [0.1, 0.15) is 5.82 Å². The Kier molecular flexibility index (Phi) is 4.34. The van der Waals surface area contributed by atoms with Crippen LogP contribution in [0.3, 0.4) is 0 Å². The maximum absolute atomic E-state index is 4.68. The molecule has 3 rings (SSSR count). The van der Waals surface area contributed by atoms with Gasteiger partial charge in [0.15, 0.2) is 0 Å². The molecule has 3 heterocycles. The fraction of sp³-hybridized carbons (Fsp3) is 0.471. The summed E-state index contributed by atoms with van der Waals surface area (Å²) in [6.07, 6.45) is 4.83. The van der Waals surface area contributed by atoms with Crippen molar-refractivity contribution in [3.8, 4) is 0 Å². The lowest BCUT2D eigenvalue weighted by molar-refractivity contribution is 0.272. The van der Waals surface area contributed by atoms with Gasteiger partial charge in [-0.3, -0.25) is 0 Å². The number of rotatable bonds is 4. The normalized spacial score (nSPS) is 18.8. The predicted octanol–water partition coefficient (Wildman–Crippen LogP) is 3.12. The minimum Gasteiger partial charge on any atom is -0.309 e. The van der Waals surface area contributed by atoms with Gasteiger partial charge in [-0.25, -0.2) is 15.0 Å². The van der Waals surface area contributed by atoms with Gasteiger partial charge in [-0.2, -0.15) is 0 Å². The lowest BCUT2D eigenvalue weighted by Gasteiger charge is -2.20. The molecular weight excluding hydrogens is 274 g/mol. The molecule has 22 heavy (non-hydrogen) atoms. The van der Waals surface area contributed by atoms with E-state index in [1.807, 2.05) is 37.5 Å². The van der Waals surface area contributed by atoms with E-state index in [1.165, 1.54) is 0 Å². The zero-order chi connectivity index (χ0) is 15.5. The Labute approximate surface area is 131 Å². The number of nitrogens with zero attached hydrogens (tertiary/aromatic N) is 4. The van der Waals surface area contributed by atoms with Crippen molar-refractivity contribution >= 4 is 11.8 Å². The maximum atomic E-state index is 4.68. The third kappa shape index (κ3) is 3.42. The standard InChI is InChI=1S/C17H23N5/c1-12(2)22-9-7-14(11-22)15-6-8-18-17(20-15)21-16-5-4-13(3)10-19-16/h4-6,8,10,12,14H,7,9,11H2,1-3H3,(H,18,19,20,21)/t14-/m0/s1. The Hall–Kier alpha value is -2.01. The number of aryl methyl sites for hydroxylation is 1. The molecule has 5 heteroatoms. The zero-order valence-electron chi connectivity index (χ0n) is 13.5. The first kappa shape index (κ1) is 14.9. The fourth-order valence-electron chi connectivity index (χ4n) is 2.81. The Bertz CT molecular complexity index is 623. The topological polar surface area (TPSA) is 53.9 Å². The Morgan fingerprint density at radius 1 is 1.23 bits per heavy atom. The van der Waals surface area contributed by atoms with Gasteiger partial charge in [0, 0.05) is 30.9 Å². The quantitative estimate of drug-likeness (QED) is 0.939. The van der Waals surface area contributed by atoms with E-state index in [4.69, 9.17) is 0 Å². The van der Waals surface area contributed by atoms with Crippen LogP contribution in [-0.4, -0.2) is 39.0 Å². The van der Waals surface area contributed by atoms with Crippen LogP contribution in [0, 0.1) is 6.92 Å². The number of pyridine rings is 1. The van der Waals surface area contributed by atoms with Crippen LogP contribution in [0.25, 0.3) is 0 Å². The van der Waals surface area contributed by atoms with E-state index in [0.29, 0.717) is 17.9 Å². The lowest BCUT2D eigenvalue weighted by Crippen LogP contribution is -2.28. The highest BCUT2D eigenvalue weighted by molar-refractivity contribution is 5.47. The first-order valence-corrected chi connectivity index (χ1v) is 7.88. The highest BCUT2D eigenvalue weighted by Crippen LogP contribution is 2.27. The SMILES string of the molecule is Cc1ccc(Nc2nccc([C@H]3CCN(C(C)C)C3)n2)nc1. The molecule has 1 fully saturated rings. The Morgan fingerprint density at radius 3 is 2.77 bits per heavy atom. The number of aromatic nitrogens is 3. The molecule has 116 valence electrons. The molecule has 1 N–H and O–H groups in total. The maximum Gasteiger partial charge on any atom is 0.228 e. The van der Waals surface area contributed by atoms with E-state index in [9.17, 15) is 0 Å². The molecule has 0 aromatic carbocycles. The van der Waals surface area contributed by atoms with Crippen molar-refractivity contribution in [1.82, 2.24) is 19.9 Å². The van der Waals surface area contributed by atoms with E-state index in [-0.39, 0.29) is 0 Å². The molecule has 0 unspecified atom stereocenters. The van der Waals surface area contributed by atoms with Crippen molar-refractivity contribution < 1.29 is 0 Å². The molecule has 1 aliphatic rings. The monoisotopic (exact) mass is 297 g/mol. The summed E-state index contributed by atoms with van der Waals surface area (Å²) in [6, 6.07) is 6.60. The van der Waals surface area contributed by atoms with Gasteiger partial charge in [-0.1, -0.05) is 6.07 Å². The molecule has 2 aromatic rings. The Morgan fingerprint density at radius 2 is 2.09 bits per heavy atom. The molecule has 0 saturated carbocycles. The number of nitrogens with one attached hydrogen (secondary N) is 1. The van der Waals surface area contributed by atoms with Gasteiger partial charge >= 0.3 is 0 Å². The van der Waals surface area contributed by atoms with Gasteiger partial charge in [-0.05, 0) is 51.4 Å². The van der Waals surface area contributed by atoms with Crippen LogP contribution in [0.4, 0.5) is 11.8 Å². The average Bonchev–Trinajstić information content (AvgIpc) is 3.00. The van der Waals surface area contributed by atoms with E-state index >= 15 is 0 Å². The van der Waals surface area contributed by atoms with Crippen molar-refractivity contribution in [3.05, 3.63) is 41.9 Å². The van der Waals surface area contributed by atoms with Gasteiger partial charge in [0.05, 0.1) is 5.69 Å². The van der Waals surface area contributed by atoms with Crippen LogP contribution in [0.15, 0.2) is 30.6 Å². The molecule has 5 nitrogen and oxygen atoms in total. The summed E-state index contributed by atoms with van der Waals surface area (Å²) in [5.74, 6) is 1.90. The van der Waals surface area contributed by atoms with Crippen LogP contribution >= 0.6 is 0 Å². The van der Waals surface area contributed by atoms with E-state index < -0.39 is 0 Å². The third-order valence-corrected chi connectivity index (χ3v) is 4.20. The Balaban J connectivity index is 1.71. The number of hydrogen-bond acceptors (Lipinski definition) is 5. The van der Waals surface area contributed by atoms with Gasteiger partial charge in [-0.15, -0.1) is 0 Å². The summed E-state index contributed by atoms with van der Waals surface area (Å²) in [4.78, 5) is 15.8. The third-order valence-electron chi connectivity index (χ3n) is 4.20. The largest absolute Gasteiger partial charge is 0.309 e. The highest BCUT2D eigenvalue weighted by Gasteiger charge is 2.26. The van der Waals surface area contributed by atoms with Crippen molar-refractivity contribution in [2.75, 3.05) is 18.4 Å². The lowest BCUT2D eigenvalue weighted by atomic mass is 10.1. The summed E-state index contributed by atoms with van der Waals surface area (Å²) in [5.41, 5.74) is 2.26. The number of likely N-dealkylation sites (tertiary alicyclic amines) is 1. The summed E-state index contributed by atoms with van der Waals surface area (Å²) >= 11 is 0. The molecule has 0 bridgehead atoms. The smallest absolute Gasteiger partial charge is 0.228 e. The first-order chi connectivity index (χ1) is 10.6. The average molecular weight is 297 g/mol. The van der Waals surface area contributed by atoms with E-state index in [2.05, 4.69) is 39.0 Å². The molecule has 0 amide bonds. The molecule has 0 aliphatic carbocycles. The van der Waals surface area contributed by atoms with Gasteiger partial charge in [0.25, 0.3) is 0 Å². The fourth-order valence-corrected chi connectivity index (χ4v) is 2.81. The summed E-state index contributed by atoms with van der Waals surface area (Å²) in [5, 5.41) is 3.18. The van der Waals surface area contributed by atoms with E-state index in [1.54, 1.807) is 0 Å². The summed E-state index contributed by atoms with van der Waals surface area (Å²) < 4.78 is 0. The van der Waals surface area contributed by atoms with E-state index in [0.717, 1.165) is 36.6 Å². The molecule has 0 spiro atoms.